The number of fused-ring (bicyclic) bond motifs is 1. The molecule has 5 rings (SSSR count). The number of pyridine rings is 2. The van der Waals surface area contributed by atoms with Crippen LogP contribution in [0.1, 0.15) is 23.3 Å². The van der Waals surface area contributed by atoms with E-state index in [1.165, 1.54) is 12.8 Å². The maximum atomic E-state index is 12.9. The first-order valence-electron chi connectivity index (χ1n) is 9.56. The van der Waals surface area contributed by atoms with Gasteiger partial charge in [-0.1, -0.05) is 6.07 Å². The minimum Gasteiger partial charge on any atom is -0.370 e. The third kappa shape index (κ3) is 3.29. The van der Waals surface area contributed by atoms with Gasteiger partial charge >= 0.3 is 0 Å². The van der Waals surface area contributed by atoms with Crippen LogP contribution in [0.4, 0.5) is 11.4 Å². The minimum absolute atomic E-state index is 0.279. The summed E-state index contributed by atoms with van der Waals surface area (Å²) in [6.07, 6.45) is 7.26. The van der Waals surface area contributed by atoms with Gasteiger partial charge in [0, 0.05) is 24.7 Å². The number of hydrogen-bond acceptors (Lipinski definition) is 6. The normalized spacial score (nSPS) is 13.7. The van der Waals surface area contributed by atoms with Gasteiger partial charge in [-0.3, -0.25) is 14.3 Å². The number of amides is 1. The summed E-state index contributed by atoms with van der Waals surface area (Å²) in [5.74, 6) is 0.303. The van der Waals surface area contributed by atoms with E-state index < -0.39 is 0 Å². The van der Waals surface area contributed by atoms with E-state index in [4.69, 9.17) is 0 Å². The van der Waals surface area contributed by atoms with E-state index in [1.54, 1.807) is 41.6 Å². The van der Waals surface area contributed by atoms with Crippen molar-refractivity contribution in [2.75, 3.05) is 23.3 Å². The van der Waals surface area contributed by atoms with E-state index in [2.05, 4.69) is 30.4 Å². The van der Waals surface area contributed by atoms with Crippen LogP contribution < -0.4 is 10.2 Å². The monoisotopic (exact) mass is 385 g/mol. The van der Waals surface area contributed by atoms with Crippen molar-refractivity contribution in [2.45, 2.75) is 12.8 Å². The van der Waals surface area contributed by atoms with E-state index >= 15 is 0 Å². The van der Waals surface area contributed by atoms with Crippen molar-refractivity contribution in [3.05, 3.63) is 67.0 Å². The molecule has 8 heteroatoms. The molecule has 0 spiro atoms. The molecule has 1 amide bonds. The highest BCUT2D eigenvalue weighted by atomic mass is 16.1. The van der Waals surface area contributed by atoms with E-state index in [-0.39, 0.29) is 5.91 Å². The fourth-order valence-electron chi connectivity index (χ4n) is 3.68. The Bertz CT molecular complexity index is 1170. The Balaban J connectivity index is 1.47. The molecule has 144 valence electrons. The number of anilines is 2. The fourth-order valence-corrected chi connectivity index (χ4v) is 3.68. The maximum Gasteiger partial charge on any atom is 0.274 e. The van der Waals surface area contributed by atoms with Crippen LogP contribution in [0.2, 0.25) is 0 Å². The van der Waals surface area contributed by atoms with Crippen molar-refractivity contribution < 1.29 is 4.79 Å². The average molecular weight is 385 g/mol. The Morgan fingerprint density at radius 3 is 2.62 bits per heavy atom. The highest BCUT2D eigenvalue weighted by Crippen LogP contribution is 2.32. The molecular weight excluding hydrogens is 366 g/mol. The molecule has 0 saturated carbocycles. The van der Waals surface area contributed by atoms with Gasteiger partial charge in [0.2, 0.25) is 0 Å². The Morgan fingerprint density at radius 1 is 0.966 bits per heavy atom. The van der Waals surface area contributed by atoms with Crippen molar-refractivity contribution in [3.63, 3.8) is 0 Å². The molecule has 1 saturated heterocycles. The van der Waals surface area contributed by atoms with Crippen LogP contribution >= 0.6 is 0 Å². The number of rotatable bonds is 4. The van der Waals surface area contributed by atoms with E-state index in [0.29, 0.717) is 11.5 Å². The zero-order valence-electron chi connectivity index (χ0n) is 15.7. The van der Waals surface area contributed by atoms with Crippen LogP contribution in [-0.2, 0) is 0 Å². The first-order valence-corrected chi connectivity index (χ1v) is 9.56. The standard InChI is InChI=1S/C21H19N7O/c29-21(17-6-3-7-19(25-17)28-13-23-24-14-28)26-16-8-9-18(27-11-1-2-12-27)20-15(16)5-4-10-22-20/h3-10,13-14H,1-2,11-12H2,(H,26,29). The second-order valence-corrected chi connectivity index (χ2v) is 6.93. The van der Waals surface area contributed by atoms with Gasteiger partial charge in [-0.15, -0.1) is 10.2 Å². The molecule has 0 unspecified atom stereocenters. The molecule has 0 aliphatic carbocycles. The van der Waals surface area contributed by atoms with Gasteiger partial charge in [0.1, 0.15) is 24.2 Å². The Hall–Kier alpha value is -3.81. The van der Waals surface area contributed by atoms with Gasteiger partial charge < -0.3 is 10.2 Å². The molecule has 1 N–H and O–H groups in total. The van der Waals surface area contributed by atoms with E-state index in [1.807, 2.05) is 24.3 Å². The Morgan fingerprint density at radius 2 is 1.79 bits per heavy atom. The second-order valence-electron chi connectivity index (χ2n) is 6.93. The summed E-state index contributed by atoms with van der Waals surface area (Å²) in [6, 6.07) is 13.1. The number of nitrogens with one attached hydrogen (secondary N) is 1. The SMILES string of the molecule is O=C(Nc1ccc(N2CCCC2)c2ncccc12)c1cccc(-n2cnnc2)n1. The zero-order valence-corrected chi connectivity index (χ0v) is 15.7. The molecule has 8 nitrogen and oxygen atoms in total. The summed E-state index contributed by atoms with van der Waals surface area (Å²) in [7, 11) is 0. The second kappa shape index (κ2) is 7.31. The lowest BCUT2D eigenvalue weighted by Gasteiger charge is -2.20. The fraction of sp³-hybridized carbons (Fsp3) is 0.190. The molecule has 4 heterocycles. The molecule has 3 aromatic heterocycles. The number of benzene rings is 1. The van der Waals surface area contributed by atoms with Crippen LogP contribution in [0.3, 0.4) is 0 Å². The predicted octanol–water partition coefficient (Wildman–Crippen LogP) is 3.06. The van der Waals surface area contributed by atoms with Crippen LogP contribution in [0.15, 0.2) is 61.3 Å². The average Bonchev–Trinajstić information content (AvgIpc) is 3.48. The summed E-state index contributed by atoms with van der Waals surface area (Å²) in [5, 5.41) is 11.5. The highest BCUT2D eigenvalue weighted by Gasteiger charge is 2.18. The van der Waals surface area contributed by atoms with Crippen molar-refractivity contribution in [1.82, 2.24) is 24.7 Å². The molecule has 29 heavy (non-hydrogen) atoms. The largest absolute Gasteiger partial charge is 0.370 e. The topological polar surface area (TPSA) is 88.8 Å². The van der Waals surface area contributed by atoms with Gasteiger partial charge in [-0.05, 0) is 49.2 Å². The molecule has 1 aliphatic rings. The summed E-state index contributed by atoms with van der Waals surface area (Å²) in [4.78, 5) is 24.2. The van der Waals surface area contributed by atoms with Gasteiger partial charge in [0.05, 0.1) is 16.9 Å². The van der Waals surface area contributed by atoms with Gasteiger partial charge in [0.15, 0.2) is 0 Å². The number of aromatic nitrogens is 5. The van der Waals surface area contributed by atoms with Crippen LogP contribution in [0, 0.1) is 0 Å². The molecule has 0 atom stereocenters. The van der Waals surface area contributed by atoms with E-state index in [0.717, 1.165) is 35.4 Å². The number of carbonyl (C=O) groups excluding carboxylic acids is 1. The van der Waals surface area contributed by atoms with Gasteiger partial charge in [-0.25, -0.2) is 4.98 Å². The van der Waals surface area contributed by atoms with Crippen LogP contribution in [0.25, 0.3) is 16.7 Å². The molecule has 0 radical (unpaired) electrons. The first kappa shape index (κ1) is 17.3. The minimum atomic E-state index is -0.279. The zero-order chi connectivity index (χ0) is 19.6. The van der Waals surface area contributed by atoms with Crippen LogP contribution in [0.5, 0.6) is 0 Å². The lowest BCUT2D eigenvalue weighted by molar-refractivity contribution is 0.102. The molecule has 1 fully saturated rings. The van der Waals surface area contributed by atoms with Crippen LogP contribution in [-0.4, -0.2) is 43.7 Å². The lowest BCUT2D eigenvalue weighted by Crippen LogP contribution is -2.19. The molecule has 0 bridgehead atoms. The smallest absolute Gasteiger partial charge is 0.274 e. The van der Waals surface area contributed by atoms with Crippen molar-refractivity contribution >= 4 is 28.2 Å². The van der Waals surface area contributed by atoms with Gasteiger partial charge in [0.25, 0.3) is 5.91 Å². The van der Waals surface area contributed by atoms with E-state index in [9.17, 15) is 4.79 Å². The lowest BCUT2D eigenvalue weighted by atomic mass is 10.1. The summed E-state index contributed by atoms with van der Waals surface area (Å²) in [6.45, 7) is 2.08. The Labute approximate surface area is 167 Å². The number of carbonyl (C=O) groups is 1. The van der Waals surface area contributed by atoms with Crippen molar-refractivity contribution in [1.29, 1.82) is 0 Å². The predicted molar refractivity (Wildman–Crippen MR) is 110 cm³/mol. The van der Waals surface area contributed by atoms with Crippen molar-refractivity contribution in [2.24, 2.45) is 0 Å². The molecule has 1 aliphatic heterocycles. The number of hydrogen-bond donors (Lipinski definition) is 1. The molecule has 1 aromatic carbocycles. The third-order valence-corrected chi connectivity index (χ3v) is 5.09. The number of nitrogens with zero attached hydrogens (tertiary/aromatic N) is 6. The summed E-state index contributed by atoms with van der Waals surface area (Å²) >= 11 is 0. The summed E-state index contributed by atoms with van der Waals surface area (Å²) < 4.78 is 1.65. The van der Waals surface area contributed by atoms with Crippen molar-refractivity contribution in [3.8, 4) is 5.82 Å². The highest BCUT2D eigenvalue weighted by molar-refractivity contribution is 6.09. The van der Waals surface area contributed by atoms with Gasteiger partial charge in [-0.2, -0.15) is 0 Å². The summed E-state index contributed by atoms with van der Waals surface area (Å²) in [5.41, 5.74) is 3.05. The molecular formula is C21H19N7O. The maximum absolute atomic E-state index is 12.9. The first-order chi connectivity index (χ1) is 14.3. The molecule has 4 aromatic rings. The Kier molecular flexibility index (Phi) is 4.36. The third-order valence-electron chi connectivity index (χ3n) is 5.09. The quantitative estimate of drug-likeness (QED) is 0.581.